The van der Waals surface area contributed by atoms with Crippen LogP contribution in [-0.2, 0) is 0 Å². The van der Waals surface area contributed by atoms with Gasteiger partial charge in [-0.25, -0.2) is 0 Å². The molecule has 0 aliphatic heterocycles. The first-order valence-corrected chi connectivity index (χ1v) is 16.6. The van der Waals surface area contributed by atoms with Gasteiger partial charge in [-0.3, -0.25) is 0 Å². The monoisotopic (exact) mass is 606 g/mol. The second-order valence-corrected chi connectivity index (χ2v) is 13.8. The zero-order valence-electron chi connectivity index (χ0n) is 28.4. The molecule has 2 aromatic carbocycles. The van der Waals surface area contributed by atoms with Crippen LogP contribution < -0.4 is 0 Å². The number of phenolic OH excluding ortho intramolecular Hbond substituents is 2. The van der Waals surface area contributed by atoms with Crippen LogP contribution in [0.2, 0.25) is 0 Å². The zero-order valence-corrected chi connectivity index (χ0v) is 28.4. The van der Waals surface area contributed by atoms with E-state index in [0.29, 0.717) is 11.8 Å². The third-order valence-corrected chi connectivity index (χ3v) is 10.1. The van der Waals surface area contributed by atoms with Crippen molar-refractivity contribution >= 4 is 0 Å². The molecule has 0 spiro atoms. The van der Waals surface area contributed by atoms with Crippen LogP contribution in [0.5, 0.6) is 11.5 Å². The summed E-state index contributed by atoms with van der Waals surface area (Å²) in [4.78, 5) is 0. The molecule has 46 heavy (non-hydrogen) atoms. The van der Waals surface area contributed by atoms with Gasteiger partial charge in [0.15, 0.2) is 0 Å². The van der Waals surface area contributed by atoms with E-state index >= 15 is 0 Å². The summed E-state index contributed by atoms with van der Waals surface area (Å²) in [5.41, 5.74) is 16.4. The van der Waals surface area contributed by atoms with Crippen LogP contribution in [0.3, 0.4) is 0 Å². The first-order valence-electron chi connectivity index (χ1n) is 16.6. The maximum atomic E-state index is 11.6. The van der Waals surface area contributed by atoms with Gasteiger partial charge in [-0.15, -0.1) is 0 Å². The Morgan fingerprint density at radius 1 is 0.413 bits per heavy atom. The molecule has 6 rings (SSSR count). The van der Waals surface area contributed by atoms with Crippen molar-refractivity contribution in [1.29, 1.82) is 0 Å². The summed E-state index contributed by atoms with van der Waals surface area (Å²) >= 11 is 0. The van der Waals surface area contributed by atoms with Crippen molar-refractivity contribution in [2.45, 2.75) is 79.1 Å². The fraction of sp³-hybridized carbons (Fsp3) is 0.273. The molecule has 0 radical (unpaired) electrons. The number of aryl methyl sites for hydroxylation is 4. The highest BCUT2D eigenvalue weighted by atomic mass is 16.3. The molecule has 0 saturated carbocycles. The van der Waals surface area contributed by atoms with E-state index in [4.69, 9.17) is 0 Å². The van der Waals surface area contributed by atoms with Crippen molar-refractivity contribution in [2.75, 3.05) is 0 Å². The number of benzene rings is 2. The summed E-state index contributed by atoms with van der Waals surface area (Å²) in [5.74, 6) is 0.751. The lowest BCUT2D eigenvalue weighted by molar-refractivity contribution is 0.451. The largest absolute Gasteiger partial charge is 0.508 e. The first-order chi connectivity index (χ1) is 22.0. The molecule has 0 aromatic heterocycles. The fourth-order valence-corrected chi connectivity index (χ4v) is 7.53. The van der Waals surface area contributed by atoms with Crippen LogP contribution >= 0.6 is 0 Å². The summed E-state index contributed by atoms with van der Waals surface area (Å²) in [6.07, 6.45) is 0. The van der Waals surface area contributed by atoms with Crippen molar-refractivity contribution in [3.05, 3.63) is 153 Å². The summed E-state index contributed by atoms with van der Waals surface area (Å²) < 4.78 is 0. The Bertz CT molecular complexity index is 1830. The minimum atomic E-state index is -0.284. The average Bonchev–Trinajstić information content (AvgIpc) is 3.35. The Kier molecular flexibility index (Phi) is 8.42. The first kappa shape index (κ1) is 31.4. The molecular weight excluding hydrogens is 560 g/mol. The molecule has 2 nitrogen and oxygen atoms in total. The van der Waals surface area contributed by atoms with Gasteiger partial charge in [-0.2, -0.15) is 0 Å². The molecular formula is C44H46O2. The lowest BCUT2D eigenvalue weighted by Gasteiger charge is -2.31. The minimum Gasteiger partial charge on any atom is -0.508 e. The van der Waals surface area contributed by atoms with Gasteiger partial charge < -0.3 is 10.2 Å². The van der Waals surface area contributed by atoms with Crippen molar-refractivity contribution < 1.29 is 10.2 Å². The van der Waals surface area contributed by atoms with E-state index in [1.165, 1.54) is 66.8 Å². The van der Waals surface area contributed by atoms with E-state index in [1.807, 2.05) is 24.3 Å². The second-order valence-electron chi connectivity index (χ2n) is 13.8. The molecule has 0 bridgehead atoms. The second kappa shape index (κ2) is 12.3. The highest BCUT2D eigenvalue weighted by Crippen LogP contribution is 2.55. The number of rotatable bonds is 7. The molecule has 0 fully saturated rings. The van der Waals surface area contributed by atoms with E-state index in [1.54, 1.807) is 12.1 Å². The summed E-state index contributed by atoms with van der Waals surface area (Å²) in [6, 6.07) is 33.9. The van der Waals surface area contributed by atoms with Gasteiger partial charge in [0.2, 0.25) is 0 Å². The van der Waals surface area contributed by atoms with Gasteiger partial charge in [0, 0.05) is 23.0 Å². The normalized spacial score (nSPS) is 13.2. The summed E-state index contributed by atoms with van der Waals surface area (Å²) in [7, 11) is 0. The van der Waals surface area contributed by atoms with Gasteiger partial charge in [0.1, 0.15) is 11.5 Å². The lowest BCUT2D eigenvalue weighted by Crippen LogP contribution is -2.16. The highest BCUT2D eigenvalue weighted by molar-refractivity contribution is 5.83. The Morgan fingerprint density at radius 2 is 0.783 bits per heavy atom. The van der Waals surface area contributed by atoms with Gasteiger partial charge in [-0.1, -0.05) is 113 Å². The number of aromatic hydroxyl groups is 2. The van der Waals surface area contributed by atoms with E-state index in [-0.39, 0.29) is 23.3 Å². The van der Waals surface area contributed by atoms with Crippen LogP contribution in [0.1, 0.15) is 107 Å². The molecule has 2 heteroatoms. The van der Waals surface area contributed by atoms with E-state index < -0.39 is 0 Å². The molecule has 0 heterocycles. The molecule has 0 saturated heterocycles. The zero-order chi connectivity index (χ0) is 32.9. The summed E-state index contributed by atoms with van der Waals surface area (Å²) in [6.45, 7) is 17.8. The van der Waals surface area contributed by atoms with Gasteiger partial charge in [0.25, 0.3) is 0 Å². The van der Waals surface area contributed by atoms with Crippen LogP contribution in [0.15, 0.2) is 97.1 Å². The molecule has 234 valence electrons. The highest BCUT2D eigenvalue weighted by Gasteiger charge is 2.37. The molecule has 2 aromatic rings. The van der Waals surface area contributed by atoms with E-state index in [9.17, 15) is 10.2 Å². The Labute approximate surface area is 275 Å². The smallest absolute Gasteiger partial charge is 0.119 e. The van der Waals surface area contributed by atoms with Crippen molar-refractivity contribution in [3.63, 3.8) is 0 Å². The third-order valence-electron chi connectivity index (χ3n) is 10.1. The van der Waals surface area contributed by atoms with Crippen LogP contribution in [0.25, 0.3) is 22.3 Å². The standard InChI is InChI=1S/C44H46O2/c1-25(2)31-19-17-27(5)41-35(23-31)29(7)21-37(41)43(33-13-9-11-15-39(33)45)44(34-14-10-12-16-40(34)46)38-22-30(8)36-24-32(26(3)4)20-18-28(6)42(36)38/h9-26,43-46H,1-8H3/t43-,44-/m1/s1. The Hall–Kier alpha value is -4.56. The molecule has 0 unspecified atom stereocenters. The topological polar surface area (TPSA) is 40.5 Å². The molecule has 2 atom stereocenters. The third kappa shape index (κ3) is 5.45. The quantitative estimate of drug-likeness (QED) is 0.190. The number of hydrogen-bond acceptors (Lipinski definition) is 2. The number of fused-ring (bicyclic) bond motifs is 2. The fourth-order valence-electron chi connectivity index (χ4n) is 7.53. The van der Waals surface area contributed by atoms with Gasteiger partial charge in [0.05, 0.1) is 0 Å². The number of para-hydroxylation sites is 2. The maximum Gasteiger partial charge on any atom is 0.119 e. The molecule has 2 N–H and O–H groups in total. The van der Waals surface area contributed by atoms with Crippen LogP contribution in [0.4, 0.5) is 0 Å². The van der Waals surface area contributed by atoms with Crippen LogP contribution in [-0.4, -0.2) is 10.2 Å². The molecule has 4 aliphatic carbocycles. The SMILES string of the molecule is Cc1cc([C@@H](c2ccccc2O)[C@H](c2ccccc2O)c2cc(C)c3cc(C(C)C)ccc(C)c2-3)c2c(C)ccc(C(C)C)cc1-2. The van der Waals surface area contributed by atoms with Crippen molar-refractivity contribution in [1.82, 2.24) is 0 Å². The van der Waals surface area contributed by atoms with E-state index in [2.05, 4.69) is 116 Å². The van der Waals surface area contributed by atoms with E-state index in [0.717, 1.165) is 11.1 Å². The minimum absolute atomic E-state index is 0.262. The maximum absolute atomic E-state index is 11.6. The predicted octanol–water partition coefficient (Wildman–Crippen LogP) is 11.8. The molecule has 4 aliphatic rings. The predicted molar refractivity (Wildman–Crippen MR) is 193 cm³/mol. The van der Waals surface area contributed by atoms with Gasteiger partial charge in [-0.05, 0) is 118 Å². The molecule has 0 amide bonds. The van der Waals surface area contributed by atoms with Crippen molar-refractivity contribution in [2.24, 2.45) is 0 Å². The summed E-state index contributed by atoms with van der Waals surface area (Å²) in [5, 5.41) is 23.2. The van der Waals surface area contributed by atoms with Crippen LogP contribution in [0, 0.1) is 27.7 Å². The van der Waals surface area contributed by atoms with Crippen molar-refractivity contribution in [3.8, 4) is 33.8 Å². The Morgan fingerprint density at radius 3 is 1.13 bits per heavy atom. The number of hydrogen-bond donors (Lipinski definition) is 2. The average molecular weight is 607 g/mol. The van der Waals surface area contributed by atoms with Gasteiger partial charge >= 0.3 is 0 Å². The Balaban J connectivity index is 1.74. The number of phenols is 2. The lowest BCUT2D eigenvalue weighted by atomic mass is 9.71.